The van der Waals surface area contributed by atoms with Crippen LogP contribution < -0.4 is 4.74 Å². The fraction of sp³-hybridized carbons (Fsp3) is 0.500. The van der Waals surface area contributed by atoms with E-state index < -0.39 is 11.9 Å². The maximum atomic E-state index is 13.1. The monoisotopic (exact) mass is 252 g/mol. The van der Waals surface area contributed by atoms with Crippen LogP contribution in [0.3, 0.4) is 0 Å². The largest absolute Gasteiger partial charge is 0.487 e. The van der Waals surface area contributed by atoms with Crippen LogP contribution in [0.15, 0.2) is 18.2 Å². The summed E-state index contributed by atoms with van der Waals surface area (Å²) >= 11 is 0. The number of hydrogen-bond acceptors (Lipinski definition) is 3. The van der Waals surface area contributed by atoms with Crippen molar-refractivity contribution in [1.29, 1.82) is 0 Å². The Morgan fingerprint density at radius 3 is 2.78 bits per heavy atom. The van der Waals surface area contributed by atoms with Gasteiger partial charge in [-0.2, -0.15) is 0 Å². The molecule has 1 aliphatic carbocycles. The summed E-state index contributed by atoms with van der Waals surface area (Å²) in [7, 11) is 0. The number of benzene rings is 1. The summed E-state index contributed by atoms with van der Waals surface area (Å²) in [5, 5.41) is 9.83. The highest BCUT2D eigenvalue weighted by Crippen LogP contribution is 2.27. The lowest BCUT2D eigenvalue weighted by atomic mass is 9.94. The Hall–Kier alpha value is -1.42. The Morgan fingerprint density at radius 1 is 1.39 bits per heavy atom. The lowest BCUT2D eigenvalue weighted by Crippen LogP contribution is -2.35. The van der Waals surface area contributed by atoms with Gasteiger partial charge in [-0.05, 0) is 44.4 Å². The smallest absolute Gasteiger partial charge is 0.163 e. The Labute approximate surface area is 106 Å². The maximum Gasteiger partial charge on any atom is 0.163 e. The molecule has 0 bridgehead atoms. The van der Waals surface area contributed by atoms with E-state index in [0.29, 0.717) is 12.2 Å². The van der Waals surface area contributed by atoms with Gasteiger partial charge < -0.3 is 9.84 Å². The molecule has 1 fully saturated rings. The molecule has 1 aliphatic rings. The van der Waals surface area contributed by atoms with Crippen molar-refractivity contribution in [3.05, 3.63) is 29.6 Å². The van der Waals surface area contributed by atoms with E-state index in [2.05, 4.69) is 0 Å². The van der Waals surface area contributed by atoms with Crippen molar-refractivity contribution in [2.45, 2.75) is 44.8 Å². The summed E-state index contributed by atoms with van der Waals surface area (Å²) in [6.45, 7) is 1.37. The van der Waals surface area contributed by atoms with Gasteiger partial charge in [0.2, 0.25) is 0 Å². The molecular formula is C14H17FO3. The second-order valence-electron chi connectivity index (χ2n) is 4.70. The van der Waals surface area contributed by atoms with E-state index in [1.807, 2.05) is 0 Å². The molecular weight excluding hydrogens is 235 g/mol. The van der Waals surface area contributed by atoms with Crippen molar-refractivity contribution in [2.75, 3.05) is 0 Å². The van der Waals surface area contributed by atoms with Gasteiger partial charge in [0, 0.05) is 0 Å². The molecule has 1 aromatic carbocycles. The maximum absolute atomic E-state index is 13.1. The van der Waals surface area contributed by atoms with Gasteiger partial charge in [-0.25, -0.2) is 4.39 Å². The first-order chi connectivity index (χ1) is 8.58. The van der Waals surface area contributed by atoms with E-state index in [4.69, 9.17) is 4.74 Å². The van der Waals surface area contributed by atoms with Crippen molar-refractivity contribution < 1.29 is 19.0 Å². The predicted molar refractivity (Wildman–Crippen MR) is 65.3 cm³/mol. The molecule has 1 saturated carbocycles. The number of aliphatic hydroxyl groups is 1. The first-order valence-electron chi connectivity index (χ1n) is 6.23. The van der Waals surface area contributed by atoms with Gasteiger partial charge in [0.15, 0.2) is 5.78 Å². The van der Waals surface area contributed by atoms with Gasteiger partial charge in [-0.1, -0.05) is 6.42 Å². The Bertz CT molecular complexity index is 445. The van der Waals surface area contributed by atoms with Crippen molar-refractivity contribution in [3.8, 4) is 5.75 Å². The van der Waals surface area contributed by atoms with E-state index in [1.54, 1.807) is 0 Å². The molecule has 2 rings (SSSR count). The Kier molecular flexibility index (Phi) is 3.97. The standard InChI is InChI=1S/C14H17FO3/c1-9(16)11-8-10(15)6-7-13(11)18-14-5-3-2-4-12(14)17/h6-8,12,14,17H,2-5H2,1H3. The number of hydrogen-bond donors (Lipinski definition) is 1. The lowest BCUT2D eigenvalue weighted by Gasteiger charge is -2.28. The first kappa shape index (κ1) is 13.0. The average molecular weight is 252 g/mol. The topological polar surface area (TPSA) is 46.5 Å². The molecule has 2 atom stereocenters. The number of halogens is 1. The quantitative estimate of drug-likeness (QED) is 0.841. The number of ether oxygens (including phenoxy) is 1. The van der Waals surface area contributed by atoms with Crippen molar-refractivity contribution in [1.82, 2.24) is 0 Å². The number of ketones is 1. The van der Waals surface area contributed by atoms with Gasteiger partial charge in [0.05, 0.1) is 11.7 Å². The molecule has 3 nitrogen and oxygen atoms in total. The van der Waals surface area contributed by atoms with Crippen LogP contribution in [0.2, 0.25) is 0 Å². The van der Waals surface area contributed by atoms with E-state index in [0.717, 1.165) is 19.3 Å². The Balaban J connectivity index is 2.20. The summed E-state index contributed by atoms with van der Waals surface area (Å²) < 4.78 is 18.8. The van der Waals surface area contributed by atoms with Crippen molar-refractivity contribution in [3.63, 3.8) is 0 Å². The zero-order chi connectivity index (χ0) is 13.1. The SMILES string of the molecule is CC(=O)c1cc(F)ccc1OC1CCCCC1O. The highest BCUT2D eigenvalue weighted by atomic mass is 19.1. The zero-order valence-corrected chi connectivity index (χ0v) is 10.4. The molecule has 0 saturated heterocycles. The van der Waals surface area contributed by atoms with Gasteiger partial charge in [0.25, 0.3) is 0 Å². The molecule has 2 unspecified atom stereocenters. The molecule has 1 aromatic rings. The molecule has 0 aliphatic heterocycles. The molecule has 0 amide bonds. The molecule has 0 heterocycles. The van der Waals surface area contributed by atoms with Crippen LogP contribution in [-0.4, -0.2) is 23.1 Å². The fourth-order valence-corrected chi connectivity index (χ4v) is 2.26. The number of rotatable bonds is 3. The third-order valence-electron chi connectivity index (χ3n) is 3.27. The second-order valence-corrected chi connectivity index (χ2v) is 4.70. The molecule has 18 heavy (non-hydrogen) atoms. The van der Waals surface area contributed by atoms with E-state index >= 15 is 0 Å². The Morgan fingerprint density at radius 2 is 2.11 bits per heavy atom. The van der Waals surface area contributed by atoms with Crippen LogP contribution in [0.1, 0.15) is 43.0 Å². The minimum Gasteiger partial charge on any atom is -0.487 e. The number of Topliss-reactive ketones (excluding diaryl/α,β-unsaturated/α-hetero) is 1. The van der Waals surface area contributed by atoms with Crippen molar-refractivity contribution in [2.24, 2.45) is 0 Å². The normalized spacial score (nSPS) is 23.7. The van der Waals surface area contributed by atoms with E-state index in [9.17, 15) is 14.3 Å². The molecule has 98 valence electrons. The van der Waals surface area contributed by atoms with Gasteiger partial charge in [-0.15, -0.1) is 0 Å². The summed E-state index contributed by atoms with van der Waals surface area (Å²) in [5.74, 6) is -0.346. The molecule has 0 radical (unpaired) electrons. The number of aliphatic hydroxyl groups excluding tert-OH is 1. The van der Waals surface area contributed by atoms with Crippen molar-refractivity contribution >= 4 is 5.78 Å². The predicted octanol–water partition coefficient (Wildman–Crippen LogP) is 2.71. The zero-order valence-electron chi connectivity index (χ0n) is 10.4. The summed E-state index contributed by atoms with van der Waals surface area (Å²) in [6, 6.07) is 3.89. The summed E-state index contributed by atoms with van der Waals surface area (Å²) in [6.07, 6.45) is 2.64. The van der Waals surface area contributed by atoms with Crippen LogP contribution in [0.25, 0.3) is 0 Å². The lowest BCUT2D eigenvalue weighted by molar-refractivity contribution is 0.00644. The van der Waals surface area contributed by atoms with Crippen LogP contribution in [-0.2, 0) is 0 Å². The third-order valence-corrected chi connectivity index (χ3v) is 3.27. The van der Waals surface area contributed by atoms with Gasteiger partial charge >= 0.3 is 0 Å². The van der Waals surface area contributed by atoms with Crippen LogP contribution >= 0.6 is 0 Å². The molecule has 0 aromatic heterocycles. The first-order valence-corrected chi connectivity index (χ1v) is 6.23. The highest BCUT2D eigenvalue weighted by Gasteiger charge is 2.25. The number of carbonyl (C=O) groups excluding carboxylic acids is 1. The average Bonchev–Trinajstić information content (AvgIpc) is 2.34. The second kappa shape index (κ2) is 5.48. The van der Waals surface area contributed by atoms with Crippen LogP contribution in [0.5, 0.6) is 5.75 Å². The molecule has 0 spiro atoms. The van der Waals surface area contributed by atoms with Crippen LogP contribution in [0.4, 0.5) is 4.39 Å². The number of carbonyl (C=O) groups is 1. The van der Waals surface area contributed by atoms with Gasteiger partial charge in [-0.3, -0.25) is 4.79 Å². The van der Waals surface area contributed by atoms with Gasteiger partial charge in [0.1, 0.15) is 17.7 Å². The van der Waals surface area contributed by atoms with E-state index in [1.165, 1.54) is 25.1 Å². The minimum atomic E-state index is -0.511. The minimum absolute atomic E-state index is 0.229. The highest BCUT2D eigenvalue weighted by molar-refractivity contribution is 5.96. The fourth-order valence-electron chi connectivity index (χ4n) is 2.26. The van der Waals surface area contributed by atoms with Crippen LogP contribution in [0, 0.1) is 5.82 Å². The molecule has 1 N–H and O–H groups in total. The summed E-state index contributed by atoms with van der Waals surface area (Å²) in [4.78, 5) is 11.4. The molecule has 4 heteroatoms. The third kappa shape index (κ3) is 2.88. The van der Waals surface area contributed by atoms with E-state index in [-0.39, 0.29) is 17.5 Å². The summed E-state index contributed by atoms with van der Waals surface area (Å²) in [5.41, 5.74) is 0.229.